The Morgan fingerprint density at radius 1 is 0.769 bits per heavy atom. The van der Waals surface area contributed by atoms with E-state index in [1.807, 2.05) is 19.1 Å². The molecule has 12 heteroatoms. The number of nitrogens with zero attached hydrogens (tertiary/aromatic N) is 2. The standard InChI is InChI=1S/C40H48N4O8/c1-10-30(52-31-22-21-26(38(4,5)11-2)24-29(31)39(6,7)12-3)33(46)41-28-20-16-17-25(23-28)32(45)40(51-9,36(49)42-27-18-14-13-15-19-27)44-35(48)34(47)43(8)37(44)50/h13-24,30H,10-12H2,1-9H3,(H,41,46)(H,42,49). The number of methoxy groups -OCH3 is 1. The average Bonchev–Trinajstić information content (AvgIpc) is 3.33. The van der Waals surface area contributed by atoms with Gasteiger partial charge in [-0.25, -0.2) is 9.69 Å². The SMILES string of the molecule is CCC(Oc1ccc(C(C)(C)CC)cc1C(C)(C)CC)C(=O)Nc1cccc(C(=O)C(OC)(C(=O)Nc2ccccc2)N2C(=O)C(=O)N(C)C2=O)c1. The second-order valence-corrected chi connectivity index (χ2v) is 14.1. The van der Waals surface area contributed by atoms with Crippen LogP contribution < -0.4 is 15.4 Å². The molecule has 0 aliphatic carbocycles. The van der Waals surface area contributed by atoms with Crippen LogP contribution in [-0.2, 0) is 34.7 Å². The fourth-order valence-corrected chi connectivity index (χ4v) is 5.77. The predicted molar refractivity (Wildman–Crippen MR) is 197 cm³/mol. The number of carbonyl (C=O) groups excluding carboxylic acids is 6. The zero-order valence-electron chi connectivity index (χ0n) is 31.3. The lowest BCUT2D eigenvalue weighted by Gasteiger charge is -2.35. The molecule has 1 aliphatic heterocycles. The summed E-state index contributed by atoms with van der Waals surface area (Å²) in [6.45, 7) is 14.7. The van der Waals surface area contributed by atoms with E-state index in [4.69, 9.17) is 9.47 Å². The van der Waals surface area contributed by atoms with Gasteiger partial charge in [0.15, 0.2) is 6.10 Å². The molecule has 52 heavy (non-hydrogen) atoms. The van der Waals surface area contributed by atoms with Gasteiger partial charge >= 0.3 is 17.8 Å². The van der Waals surface area contributed by atoms with E-state index in [2.05, 4.69) is 58.2 Å². The molecule has 2 N–H and O–H groups in total. The van der Waals surface area contributed by atoms with Gasteiger partial charge in [0.1, 0.15) is 5.75 Å². The number of anilines is 2. The molecule has 276 valence electrons. The first kappa shape index (κ1) is 39.4. The Kier molecular flexibility index (Phi) is 11.7. The van der Waals surface area contributed by atoms with Crippen molar-refractivity contribution in [3.05, 3.63) is 89.5 Å². The lowest BCUT2D eigenvalue weighted by Crippen LogP contribution is -2.65. The number of hydrogen-bond acceptors (Lipinski definition) is 8. The van der Waals surface area contributed by atoms with Gasteiger partial charge in [0, 0.05) is 36.7 Å². The van der Waals surface area contributed by atoms with E-state index in [1.54, 1.807) is 18.2 Å². The average molecular weight is 713 g/mol. The summed E-state index contributed by atoms with van der Waals surface area (Å²) in [7, 11) is 2.03. The summed E-state index contributed by atoms with van der Waals surface area (Å²) in [6, 6.07) is 18.5. The van der Waals surface area contributed by atoms with Crippen molar-refractivity contribution >= 4 is 46.8 Å². The van der Waals surface area contributed by atoms with Crippen LogP contribution in [0, 0.1) is 0 Å². The third-order valence-electron chi connectivity index (χ3n) is 10.0. The molecule has 3 aromatic carbocycles. The van der Waals surface area contributed by atoms with Crippen LogP contribution in [0.1, 0.15) is 89.2 Å². The van der Waals surface area contributed by atoms with Crippen molar-refractivity contribution in [2.24, 2.45) is 0 Å². The van der Waals surface area contributed by atoms with Crippen LogP contribution in [0.2, 0.25) is 0 Å². The number of amides is 6. The highest BCUT2D eigenvalue weighted by Gasteiger charge is 2.62. The van der Waals surface area contributed by atoms with Crippen molar-refractivity contribution < 1.29 is 38.2 Å². The maximum absolute atomic E-state index is 14.4. The first-order valence-electron chi connectivity index (χ1n) is 17.3. The van der Waals surface area contributed by atoms with Gasteiger partial charge in [-0.3, -0.25) is 28.9 Å². The summed E-state index contributed by atoms with van der Waals surface area (Å²) in [5.41, 5.74) is -0.831. The number of urea groups is 1. The summed E-state index contributed by atoms with van der Waals surface area (Å²) in [4.78, 5) is 81.6. The summed E-state index contributed by atoms with van der Waals surface area (Å²) < 4.78 is 11.9. The number of benzene rings is 3. The van der Waals surface area contributed by atoms with E-state index < -0.39 is 47.3 Å². The number of ketones is 1. The fraction of sp³-hybridized carbons (Fsp3) is 0.400. The van der Waals surface area contributed by atoms with Gasteiger partial charge in [0.25, 0.3) is 17.5 Å². The molecule has 1 heterocycles. The van der Waals surface area contributed by atoms with Crippen LogP contribution in [0.15, 0.2) is 72.8 Å². The molecule has 0 radical (unpaired) electrons. The van der Waals surface area contributed by atoms with E-state index in [0.717, 1.165) is 32.6 Å². The zero-order chi connectivity index (χ0) is 38.6. The summed E-state index contributed by atoms with van der Waals surface area (Å²) in [5, 5.41) is 5.31. The molecule has 1 saturated heterocycles. The van der Waals surface area contributed by atoms with Crippen LogP contribution >= 0.6 is 0 Å². The van der Waals surface area contributed by atoms with Crippen LogP contribution in [0.25, 0.3) is 0 Å². The number of Topliss-reactive ketones (excluding diaryl/α,β-unsaturated/α-hetero) is 1. The fourth-order valence-electron chi connectivity index (χ4n) is 5.77. The molecule has 2 unspecified atom stereocenters. The molecule has 6 amide bonds. The maximum atomic E-state index is 14.4. The second kappa shape index (κ2) is 15.5. The van der Waals surface area contributed by atoms with Gasteiger partial charge in [-0.15, -0.1) is 0 Å². The molecule has 0 saturated carbocycles. The number of hydrogen-bond donors (Lipinski definition) is 2. The maximum Gasteiger partial charge on any atom is 0.337 e. The third kappa shape index (κ3) is 7.48. The van der Waals surface area contributed by atoms with Crippen molar-refractivity contribution in [1.29, 1.82) is 0 Å². The number of para-hydroxylation sites is 1. The highest BCUT2D eigenvalue weighted by molar-refractivity contribution is 6.46. The Morgan fingerprint density at radius 2 is 1.40 bits per heavy atom. The molecule has 2 atom stereocenters. The van der Waals surface area contributed by atoms with E-state index >= 15 is 0 Å². The number of ether oxygens (including phenoxy) is 2. The summed E-state index contributed by atoms with van der Waals surface area (Å²) in [5.74, 6) is -4.87. The van der Waals surface area contributed by atoms with Crippen molar-refractivity contribution in [2.75, 3.05) is 24.8 Å². The molecule has 3 aromatic rings. The lowest BCUT2D eigenvalue weighted by atomic mass is 9.76. The molecule has 0 bridgehead atoms. The minimum atomic E-state index is -2.93. The van der Waals surface area contributed by atoms with Crippen molar-refractivity contribution in [3.8, 4) is 5.75 Å². The number of imide groups is 2. The molecular formula is C40H48N4O8. The molecule has 1 fully saturated rings. The highest BCUT2D eigenvalue weighted by atomic mass is 16.5. The Hall–Kier alpha value is -5.36. The van der Waals surface area contributed by atoms with E-state index in [9.17, 15) is 28.8 Å². The van der Waals surface area contributed by atoms with Gasteiger partial charge in [-0.2, -0.15) is 0 Å². The van der Waals surface area contributed by atoms with Gasteiger partial charge in [0.05, 0.1) is 0 Å². The minimum Gasteiger partial charge on any atom is -0.480 e. The topological polar surface area (TPSA) is 151 Å². The normalized spacial score (nSPS) is 15.3. The zero-order valence-corrected chi connectivity index (χ0v) is 31.3. The minimum absolute atomic E-state index is 0.0511. The number of rotatable bonds is 15. The molecular weight excluding hydrogens is 664 g/mol. The van der Waals surface area contributed by atoms with Crippen molar-refractivity contribution in [1.82, 2.24) is 9.80 Å². The van der Waals surface area contributed by atoms with Gasteiger partial charge in [-0.05, 0) is 66.0 Å². The van der Waals surface area contributed by atoms with Gasteiger partial charge in [0.2, 0.25) is 5.78 Å². The first-order valence-corrected chi connectivity index (χ1v) is 17.3. The van der Waals surface area contributed by atoms with Crippen LogP contribution in [-0.4, -0.2) is 71.2 Å². The summed E-state index contributed by atoms with van der Waals surface area (Å²) in [6.07, 6.45) is 1.20. The lowest BCUT2D eigenvalue weighted by molar-refractivity contribution is -0.160. The van der Waals surface area contributed by atoms with Crippen molar-refractivity contribution in [3.63, 3.8) is 0 Å². The quantitative estimate of drug-likeness (QED) is 0.0791. The predicted octanol–water partition coefficient (Wildman–Crippen LogP) is 6.44. The largest absolute Gasteiger partial charge is 0.480 e. The third-order valence-corrected chi connectivity index (χ3v) is 10.0. The molecule has 1 aliphatic rings. The van der Waals surface area contributed by atoms with E-state index in [1.165, 1.54) is 42.0 Å². The monoisotopic (exact) mass is 712 g/mol. The Bertz CT molecular complexity index is 1870. The Morgan fingerprint density at radius 3 is 1.96 bits per heavy atom. The van der Waals surface area contributed by atoms with Crippen molar-refractivity contribution in [2.45, 2.75) is 90.4 Å². The van der Waals surface area contributed by atoms with Gasteiger partial charge < -0.3 is 20.1 Å². The molecule has 12 nitrogen and oxygen atoms in total. The molecule has 4 rings (SSSR count). The number of likely N-dealkylation sites (N-methyl/N-ethyl adjacent to an activating group) is 1. The van der Waals surface area contributed by atoms with Crippen LogP contribution in [0.5, 0.6) is 5.75 Å². The molecule has 0 aromatic heterocycles. The first-order chi connectivity index (χ1) is 24.5. The molecule has 0 spiro atoms. The summed E-state index contributed by atoms with van der Waals surface area (Å²) >= 11 is 0. The van der Waals surface area contributed by atoms with E-state index in [-0.39, 0.29) is 32.7 Å². The van der Waals surface area contributed by atoms with Crippen LogP contribution in [0.4, 0.5) is 16.2 Å². The number of carbonyl (C=O) groups is 6. The second-order valence-electron chi connectivity index (χ2n) is 14.1. The van der Waals surface area contributed by atoms with E-state index in [0.29, 0.717) is 17.1 Å². The Labute approximate surface area is 304 Å². The highest BCUT2D eigenvalue weighted by Crippen LogP contribution is 2.39. The Balaban J connectivity index is 1.68. The van der Waals surface area contributed by atoms with Gasteiger partial charge in [-0.1, -0.05) is 90.9 Å². The van der Waals surface area contributed by atoms with Crippen LogP contribution in [0.3, 0.4) is 0 Å². The number of nitrogens with one attached hydrogen (secondary N) is 2. The smallest absolute Gasteiger partial charge is 0.337 e.